The van der Waals surface area contributed by atoms with E-state index in [4.69, 9.17) is 0 Å². The van der Waals surface area contributed by atoms with Gasteiger partial charge in [0.15, 0.2) is 0 Å². The quantitative estimate of drug-likeness (QED) is 0.470. The van der Waals surface area contributed by atoms with Gasteiger partial charge < -0.3 is 0 Å². The molecule has 0 amide bonds. The van der Waals surface area contributed by atoms with Crippen LogP contribution < -0.4 is 0 Å². The molecule has 0 spiro atoms. The minimum atomic E-state index is -2.29. The van der Waals surface area contributed by atoms with Gasteiger partial charge in [-0.05, 0) is 0 Å². The van der Waals surface area contributed by atoms with Gasteiger partial charge in [-0.2, -0.15) is 0 Å². The summed E-state index contributed by atoms with van der Waals surface area (Å²) >= 11 is -0.682. The van der Waals surface area contributed by atoms with E-state index in [2.05, 4.69) is 5.70 Å². The summed E-state index contributed by atoms with van der Waals surface area (Å²) in [6.45, 7) is 0. The van der Waals surface area contributed by atoms with Crippen molar-refractivity contribution < 1.29 is 2.86 Å². The van der Waals surface area contributed by atoms with Crippen LogP contribution in [0.3, 0.4) is 0 Å². The summed E-state index contributed by atoms with van der Waals surface area (Å²) in [5, 5.41) is 0. The molecule has 4 heteroatoms. The average Bonchev–Trinajstić information content (AvgIpc) is 0.811. The Morgan fingerprint density at radius 3 is 2.00 bits per heavy atom. The van der Waals surface area contributed by atoms with Gasteiger partial charge in [-0.15, -0.1) is 0 Å². The van der Waals surface area contributed by atoms with Crippen molar-refractivity contribution in [3.8, 4) is 0 Å². The predicted molar refractivity (Wildman–Crippen MR) is 34.9 cm³/mol. The SMILES string of the molecule is [B]I(F)I. The Labute approximate surface area is 43.0 Å². The summed E-state index contributed by atoms with van der Waals surface area (Å²) in [6.07, 6.45) is 0. The van der Waals surface area contributed by atoms with Crippen LogP contribution in [0.25, 0.3) is 0 Å². The van der Waals surface area contributed by atoms with Gasteiger partial charge in [-0.1, -0.05) is 0 Å². The summed E-state index contributed by atoms with van der Waals surface area (Å²) in [5.74, 6) is 0. The first-order valence-corrected chi connectivity index (χ1v) is 8.85. The molecule has 0 aromatic carbocycles. The molecule has 0 heterocycles. The van der Waals surface area contributed by atoms with Crippen LogP contribution in [-0.2, 0) is 0 Å². The fraction of sp³-hybridized carbons (Fsp3) is 0. The molecule has 0 aliphatic heterocycles. The van der Waals surface area contributed by atoms with E-state index in [9.17, 15) is 2.86 Å². The monoisotopic (exact) mass is 284 g/mol. The van der Waals surface area contributed by atoms with E-state index in [1.54, 1.807) is 18.6 Å². The van der Waals surface area contributed by atoms with Crippen molar-refractivity contribution in [3.63, 3.8) is 0 Å². The van der Waals surface area contributed by atoms with E-state index >= 15 is 0 Å². The maximum absolute atomic E-state index is 10.9. The molecule has 0 saturated heterocycles. The zero-order chi connectivity index (χ0) is 3.58. The van der Waals surface area contributed by atoms with Gasteiger partial charge in [0.25, 0.3) is 0 Å². The Bertz CT molecular complexity index is 10.8. The molecule has 4 heavy (non-hydrogen) atoms. The summed E-state index contributed by atoms with van der Waals surface area (Å²) in [6, 6.07) is 0. The van der Waals surface area contributed by atoms with Gasteiger partial charge in [0.1, 0.15) is 0 Å². The Morgan fingerprint density at radius 2 is 2.00 bits per heavy atom. The van der Waals surface area contributed by atoms with Crippen LogP contribution >= 0.6 is 34.8 Å². The molecule has 2 radical (unpaired) electrons. The molecule has 0 bridgehead atoms. The minimum absolute atomic E-state index is 1.61. The Morgan fingerprint density at radius 1 is 2.00 bits per heavy atom. The molecule has 0 atom stereocenters. The molecular weight excluding hydrogens is 284 g/mol. The topological polar surface area (TPSA) is 0 Å². The fourth-order valence-electron chi connectivity index (χ4n) is 0. The predicted octanol–water partition coefficient (Wildman–Crippen LogP) is 1.81. The first-order valence-electron chi connectivity index (χ1n) is 0.504. The van der Waals surface area contributed by atoms with Gasteiger partial charge in [0.2, 0.25) is 0 Å². The maximum atomic E-state index is 10.9. The Balaban J connectivity index is 2.32. The second-order valence-electron chi connectivity index (χ2n) is 0.219. The summed E-state index contributed by atoms with van der Waals surface area (Å²) < 4.78 is 10.9. The van der Waals surface area contributed by atoms with Crippen LogP contribution in [-0.4, -0.2) is 5.70 Å². The first kappa shape index (κ1) is 5.45. The van der Waals surface area contributed by atoms with Crippen molar-refractivity contribution in [2.75, 3.05) is 0 Å². The van der Waals surface area contributed by atoms with Crippen LogP contribution in [0, 0.1) is 0 Å². The first-order chi connectivity index (χ1) is 1.73. The van der Waals surface area contributed by atoms with E-state index in [0.29, 0.717) is 0 Å². The van der Waals surface area contributed by atoms with Gasteiger partial charge in [0.05, 0.1) is 0 Å². The average molecular weight is 284 g/mol. The molecule has 0 aromatic heterocycles. The third-order valence-corrected chi connectivity index (χ3v) is 0. The van der Waals surface area contributed by atoms with Gasteiger partial charge in [-0.3, -0.25) is 0 Å². The summed E-state index contributed by atoms with van der Waals surface area (Å²) in [7, 11) is 0. The van der Waals surface area contributed by atoms with Gasteiger partial charge >= 0.3 is 43.4 Å². The van der Waals surface area contributed by atoms with Crippen LogP contribution in [0.1, 0.15) is 0 Å². The molecule has 0 N–H and O–H groups in total. The zero-order valence-corrected chi connectivity index (χ0v) is 6.03. The summed E-state index contributed by atoms with van der Waals surface area (Å²) in [4.78, 5) is 0. The number of halogens is 3. The molecule has 0 fully saturated rings. The van der Waals surface area contributed by atoms with Crippen LogP contribution in [0.4, 0.5) is 2.86 Å². The van der Waals surface area contributed by atoms with Crippen LogP contribution in [0.5, 0.6) is 0 Å². The fourth-order valence-corrected chi connectivity index (χ4v) is 0. The molecular formula is BFI2. The van der Waals surface area contributed by atoms with E-state index in [0.717, 1.165) is 0 Å². The normalized spacial score (nSPS) is 11.0. The van der Waals surface area contributed by atoms with E-state index in [1.807, 2.05) is 0 Å². The molecule has 0 nitrogen and oxygen atoms in total. The third kappa shape index (κ3) is 9.84. The van der Waals surface area contributed by atoms with Gasteiger partial charge in [-0.25, -0.2) is 0 Å². The van der Waals surface area contributed by atoms with Crippen LogP contribution in [0.2, 0.25) is 0 Å². The standard InChI is InChI=1S/BFI2/c1-4(2)3. The van der Waals surface area contributed by atoms with Crippen molar-refractivity contribution in [2.45, 2.75) is 0 Å². The van der Waals surface area contributed by atoms with E-state index in [-0.39, 0.29) is 0 Å². The third-order valence-electron chi connectivity index (χ3n) is 0. The Kier molecular flexibility index (Phi) is 3.65. The Hall–Kier alpha value is 1.45. The summed E-state index contributed by atoms with van der Waals surface area (Å²) in [5.41, 5.74) is 4.59. The van der Waals surface area contributed by atoms with Crippen molar-refractivity contribution in [2.24, 2.45) is 0 Å². The molecule has 0 aromatic rings. The number of rotatable bonds is 0. The van der Waals surface area contributed by atoms with E-state index < -0.39 is 16.2 Å². The second-order valence-corrected chi connectivity index (χ2v) is 6.69. The number of hydrogen-bond acceptors (Lipinski definition) is 0. The molecule has 0 unspecified atom stereocenters. The zero-order valence-electron chi connectivity index (χ0n) is 1.71. The number of hydrogen-bond donors (Lipinski definition) is 0. The van der Waals surface area contributed by atoms with Crippen LogP contribution in [0.15, 0.2) is 0 Å². The van der Waals surface area contributed by atoms with Crippen molar-refractivity contribution >= 4 is 40.5 Å². The van der Waals surface area contributed by atoms with Crippen molar-refractivity contribution in [3.05, 3.63) is 0 Å². The van der Waals surface area contributed by atoms with Gasteiger partial charge in [0, 0.05) is 0 Å². The molecule has 0 aliphatic rings. The molecule has 24 valence electrons. The molecule has 0 saturated carbocycles. The second kappa shape index (κ2) is 2.68. The van der Waals surface area contributed by atoms with E-state index in [1.165, 1.54) is 0 Å². The van der Waals surface area contributed by atoms with Crippen molar-refractivity contribution in [1.29, 1.82) is 0 Å². The van der Waals surface area contributed by atoms with Crippen molar-refractivity contribution in [1.82, 2.24) is 0 Å². The molecule has 0 rings (SSSR count). The molecule has 0 aliphatic carbocycles.